The summed E-state index contributed by atoms with van der Waals surface area (Å²) in [5, 5.41) is 0.930. The second-order valence-corrected chi connectivity index (χ2v) is 6.59. The summed E-state index contributed by atoms with van der Waals surface area (Å²) >= 11 is 0. The summed E-state index contributed by atoms with van der Waals surface area (Å²) in [5.74, 6) is 0. The van der Waals surface area contributed by atoms with Crippen LogP contribution in [0.1, 0.15) is 38.3 Å². The third kappa shape index (κ3) is 4.45. The van der Waals surface area contributed by atoms with Crippen molar-refractivity contribution in [2.24, 2.45) is 0 Å². The summed E-state index contributed by atoms with van der Waals surface area (Å²) in [6.07, 6.45) is 8.98. The Hall–Kier alpha value is -2.88. The monoisotopic (exact) mass is 363 g/mol. The predicted octanol–water partition coefficient (Wildman–Crippen LogP) is 4.51. The number of aromatic nitrogens is 1. The van der Waals surface area contributed by atoms with E-state index in [1.807, 2.05) is 42.5 Å². The quantitative estimate of drug-likeness (QED) is 0.458. The summed E-state index contributed by atoms with van der Waals surface area (Å²) in [4.78, 5) is 14.6. The van der Waals surface area contributed by atoms with E-state index in [9.17, 15) is 4.79 Å². The van der Waals surface area contributed by atoms with E-state index >= 15 is 0 Å². The third-order valence-corrected chi connectivity index (χ3v) is 4.73. The van der Waals surface area contributed by atoms with Crippen molar-refractivity contribution in [1.29, 1.82) is 0 Å². The number of fused-ring (bicyclic) bond motifs is 1. The van der Waals surface area contributed by atoms with E-state index in [0.717, 1.165) is 42.7 Å². The molecule has 27 heavy (non-hydrogen) atoms. The Balaban J connectivity index is 1.87. The molecule has 3 rings (SSSR count). The van der Waals surface area contributed by atoms with Crippen LogP contribution in [-0.2, 0) is 6.54 Å². The maximum absolute atomic E-state index is 12.4. The third-order valence-electron chi connectivity index (χ3n) is 4.73. The SMILES string of the molecule is CCC[n+]1ccc(/C=C/c2cc3ccc(N(CC)CC)cc3oc2=O)cc1. The number of hydrogen-bond donors (Lipinski definition) is 0. The van der Waals surface area contributed by atoms with Crippen LogP contribution in [0.2, 0.25) is 0 Å². The molecular weight excluding hydrogens is 336 g/mol. The lowest BCUT2D eigenvalue weighted by Gasteiger charge is -2.20. The van der Waals surface area contributed by atoms with Gasteiger partial charge in [0.1, 0.15) is 12.1 Å². The zero-order valence-corrected chi connectivity index (χ0v) is 16.3. The van der Waals surface area contributed by atoms with Crippen molar-refractivity contribution < 1.29 is 8.98 Å². The Morgan fingerprint density at radius 2 is 1.74 bits per heavy atom. The lowest BCUT2D eigenvalue weighted by molar-refractivity contribution is -0.697. The standard InChI is InChI=1S/C23H27N2O2/c1-4-13-24-14-11-18(12-15-24)7-8-20-16-19-9-10-21(25(5-2)6-3)17-22(19)27-23(20)26/h7-12,14-17H,4-6,13H2,1-3H3/q+1. The van der Waals surface area contributed by atoms with E-state index in [-0.39, 0.29) is 5.63 Å². The number of anilines is 1. The summed E-state index contributed by atoms with van der Waals surface area (Å²) in [5.41, 5.74) is 3.00. The molecule has 0 fully saturated rings. The van der Waals surface area contributed by atoms with Gasteiger partial charge in [0.15, 0.2) is 12.4 Å². The van der Waals surface area contributed by atoms with Crippen LogP contribution >= 0.6 is 0 Å². The molecule has 0 atom stereocenters. The average molecular weight is 363 g/mol. The lowest BCUT2D eigenvalue weighted by atomic mass is 10.1. The van der Waals surface area contributed by atoms with Crippen molar-refractivity contribution in [2.45, 2.75) is 33.7 Å². The summed E-state index contributed by atoms with van der Waals surface area (Å²) in [7, 11) is 0. The molecule has 4 heteroatoms. The maximum Gasteiger partial charge on any atom is 0.343 e. The van der Waals surface area contributed by atoms with Gasteiger partial charge in [0.2, 0.25) is 0 Å². The first-order chi connectivity index (χ1) is 13.1. The zero-order chi connectivity index (χ0) is 19.2. The second-order valence-electron chi connectivity index (χ2n) is 6.59. The highest BCUT2D eigenvalue weighted by molar-refractivity contribution is 5.83. The lowest BCUT2D eigenvalue weighted by Crippen LogP contribution is -2.31. The van der Waals surface area contributed by atoms with Gasteiger partial charge in [-0.25, -0.2) is 9.36 Å². The van der Waals surface area contributed by atoms with Crippen molar-refractivity contribution in [1.82, 2.24) is 0 Å². The minimum atomic E-state index is -0.313. The van der Waals surface area contributed by atoms with Gasteiger partial charge in [-0.2, -0.15) is 0 Å². The highest BCUT2D eigenvalue weighted by Crippen LogP contribution is 2.22. The normalized spacial score (nSPS) is 11.4. The smallest absolute Gasteiger partial charge is 0.343 e. The van der Waals surface area contributed by atoms with E-state index in [2.05, 4.69) is 48.7 Å². The van der Waals surface area contributed by atoms with Crippen LogP contribution in [0.4, 0.5) is 5.69 Å². The molecule has 0 aliphatic heterocycles. The van der Waals surface area contributed by atoms with Gasteiger partial charge in [-0.1, -0.05) is 13.0 Å². The van der Waals surface area contributed by atoms with Crippen molar-refractivity contribution in [3.8, 4) is 0 Å². The van der Waals surface area contributed by atoms with Crippen LogP contribution in [0, 0.1) is 0 Å². The first-order valence-electron chi connectivity index (χ1n) is 9.64. The molecule has 0 aliphatic carbocycles. The Labute approximate surface area is 160 Å². The van der Waals surface area contributed by atoms with Crippen molar-refractivity contribution in [3.63, 3.8) is 0 Å². The molecule has 0 N–H and O–H groups in total. The maximum atomic E-state index is 12.4. The molecule has 1 aromatic carbocycles. The number of pyridine rings is 1. The Kier molecular flexibility index (Phi) is 6.07. The molecule has 0 unspecified atom stereocenters. The molecule has 2 heterocycles. The van der Waals surface area contributed by atoms with Crippen LogP contribution in [0.5, 0.6) is 0 Å². The molecule has 0 bridgehead atoms. The van der Waals surface area contributed by atoms with Gasteiger partial charge in [-0.3, -0.25) is 0 Å². The fourth-order valence-corrected chi connectivity index (χ4v) is 3.19. The molecular formula is C23H27N2O2+. The van der Waals surface area contributed by atoms with Gasteiger partial charge in [0.25, 0.3) is 0 Å². The topological polar surface area (TPSA) is 37.3 Å². The fourth-order valence-electron chi connectivity index (χ4n) is 3.19. The highest BCUT2D eigenvalue weighted by atomic mass is 16.4. The molecule has 0 saturated heterocycles. The van der Waals surface area contributed by atoms with E-state index in [4.69, 9.17) is 4.42 Å². The zero-order valence-electron chi connectivity index (χ0n) is 16.3. The van der Waals surface area contributed by atoms with Crippen LogP contribution in [-0.4, -0.2) is 13.1 Å². The van der Waals surface area contributed by atoms with E-state index in [0.29, 0.717) is 11.1 Å². The van der Waals surface area contributed by atoms with Crippen molar-refractivity contribution in [2.75, 3.05) is 18.0 Å². The molecule has 4 nitrogen and oxygen atoms in total. The molecule has 0 radical (unpaired) electrons. The number of hydrogen-bond acceptors (Lipinski definition) is 3. The van der Waals surface area contributed by atoms with E-state index in [1.54, 1.807) is 0 Å². The first kappa shape index (κ1) is 18.9. The number of aryl methyl sites for hydroxylation is 1. The van der Waals surface area contributed by atoms with Gasteiger partial charge in [0, 0.05) is 48.8 Å². The van der Waals surface area contributed by atoms with E-state index < -0.39 is 0 Å². The predicted molar refractivity (Wildman–Crippen MR) is 112 cm³/mol. The molecule has 0 spiro atoms. The summed E-state index contributed by atoms with van der Waals surface area (Å²) < 4.78 is 7.72. The Bertz CT molecular complexity index is 983. The first-order valence-corrected chi connectivity index (χ1v) is 9.64. The number of nitrogens with zero attached hydrogens (tertiary/aromatic N) is 2. The second kappa shape index (κ2) is 8.67. The largest absolute Gasteiger partial charge is 0.422 e. The number of rotatable bonds is 7. The van der Waals surface area contributed by atoms with Gasteiger partial charge in [-0.15, -0.1) is 0 Å². The van der Waals surface area contributed by atoms with Crippen molar-refractivity contribution >= 4 is 28.8 Å². The molecule has 0 aliphatic rings. The Morgan fingerprint density at radius 1 is 1.00 bits per heavy atom. The summed E-state index contributed by atoms with van der Waals surface area (Å²) in [6.45, 7) is 9.24. The average Bonchev–Trinajstić information content (AvgIpc) is 2.68. The molecule has 2 aromatic heterocycles. The number of benzene rings is 1. The van der Waals surface area contributed by atoms with E-state index in [1.165, 1.54) is 0 Å². The van der Waals surface area contributed by atoms with Gasteiger partial charge in [-0.05, 0) is 43.7 Å². The Morgan fingerprint density at radius 3 is 2.41 bits per heavy atom. The van der Waals surface area contributed by atoms with Crippen LogP contribution in [0.3, 0.4) is 0 Å². The van der Waals surface area contributed by atoms with Gasteiger partial charge in [0.05, 0.1) is 5.56 Å². The minimum Gasteiger partial charge on any atom is -0.422 e. The molecule has 140 valence electrons. The van der Waals surface area contributed by atoms with Gasteiger partial charge >= 0.3 is 5.63 Å². The van der Waals surface area contributed by atoms with Crippen LogP contribution < -0.4 is 15.1 Å². The molecule has 0 saturated carbocycles. The molecule has 0 amide bonds. The summed E-state index contributed by atoms with van der Waals surface area (Å²) in [6, 6.07) is 12.0. The van der Waals surface area contributed by atoms with Gasteiger partial charge < -0.3 is 9.32 Å². The van der Waals surface area contributed by atoms with Crippen LogP contribution in [0.15, 0.2) is 58.0 Å². The van der Waals surface area contributed by atoms with Crippen LogP contribution in [0.25, 0.3) is 23.1 Å². The molecule has 3 aromatic rings. The minimum absolute atomic E-state index is 0.313. The van der Waals surface area contributed by atoms with Crippen molar-refractivity contribution in [3.05, 3.63) is 70.3 Å². The highest BCUT2D eigenvalue weighted by Gasteiger charge is 2.07. The fraction of sp³-hybridized carbons (Fsp3) is 0.304.